The molecule has 9 heteroatoms. The van der Waals surface area contributed by atoms with E-state index in [2.05, 4.69) is 0 Å². The molecule has 0 saturated heterocycles. The highest BCUT2D eigenvalue weighted by atomic mass is 19.1. The van der Waals surface area contributed by atoms with Crippen LogP contribution in [0.5, 0.6) is 0 Å². The Kier molecular flexibility index (Phi) is 3.18. The number of H-pyrrole nitrogens is 1. The predicted molar refractivity (Wildman–Crippen MR) is 47.7 cm³/mol. The van der Waals surface area contributed by atoms with Gasteiger partial charge in [-0.2, -0.15) is 4.39 Å². The van der Waals surface area contributed by atoms with E-state index in [1.165, 1.54) is 0 Å². The van der Waals surface area contributed by atoms with Crippen LogP contribution in [-0.4, -0.2) is 33.2 Å². The van der Waals surface area contributed by atoms with Gasteiger partial charge in [-0.15, -0.1) is 0 Å². The molecule has 0 radical (unpaired) electrons. The summed E-state index contributed by atoms with van der Waals surface area (Å²) in [5, 5.41) is 10.1. The lowest BCUT2D eigenvalue weighted by atomic mass is 10.6. The van der Waals surface area contributed by atoms with Gasteiger partial charge >= 0.3 is 17.7 Å². The lowest BCUT2D eigenvalue weighted by molar-refractivity contribution is -0.135. The summed E-state index contributed by atoms with van der Waals surface area (Å²) in [6.45, 7) is -0.730. The standard InChI is InChI=1S/C7H6FN3O5/c8-3-2-11(7(16)10-5(3)14)6(15)9-1-4(12)13/h2H,1H2,(H,9,15)(H,12,13)(H,10,14,16). The number of nitrogens with zero attached hydrogens (tertiary/aromatic N) is 1. The monoisotopic (exact) mass is 231 g/mol. The Morgan fingerprint density at radius 1 is 1.50 bits per heavy atom. The number of rotatable bonds is 2. The number of nitrogens with one attached hydrogen (secondary N) is 2. The number of carbonyl (C=O) groups is 2. The predicted octanol–water partition coefficient (Wildman–Crippen LogP) is -1.68. The second kappa shape index (κ2) is 4.38. The summed E-state index contributed by atoms with van der Waals surface area (Å²) in [5.74, 6) is -2.66. The SMILES string of the molecule is O=C(O)CNC(=O)n1cc(F)c(=O)[nH]c1=O. The highest BCUT2D eigenvalue weighted by molar-refractivity contribution is 5.81. The number of hydrogen-bond acceptors (Lipinski definition) is 4. The third kappa shape index (κ3) is 2.53. The molecule has 1 rings (SSSR count). The maximum atomic E-state index is 12.7. The Bertz CT molecular complexity index is 546. The lowest BCUT2D eigenvalue weighted by Gasteiger charge is -2.03. The maximum absolute atomic E-state index is 12.7. The number of hydrogen-bond donors (Lipinski definition) is 3. The van der Waals surface area contributed by atoms with Crippen LogP contribution in [0.3, 0.4) is 0 Å². The van der Waals surface area contributed by atoms with Crippen LogP contribution < -0.4 is 16.6 Å². The average Bonchev–Trinajstić information content (AvgIpc) is 2.20. The Labute approximate surface area is 86.3 Å². The normalized spacial score (nSPS) is 9.81. The summed E-state index contributed by atoms with van der Waals surface area (Å²) in [7, 11) is 0. The molecule has 0 aliphatic carbocycles. The number of aromatic nitrogens is 2. The Hall–Kier alpha value is -2.45. The Morgan fingerprint density at radius 3 is 2.69 bits per heavy atom. The Morgan fingerprint density at radius 2 is 2.12 bits per heavy atom. The molecule has 16 heavy (non-hydrogen) atoms. The van der Waals surface area contributed by atoms with Crippen molar-refractivity contribution in [2.24, 2.45) is 0 Å². The first-order chi connectivity index (χ1) is 7.41. The highest BCUT2D eigenvalue weighted by Crippen LogP contribution is 1.83. The number of aliphatic carboxylic acids is 1. The first-order valence-corrected chi connectivity index (χ1v) is 3.93. The van der Waals surface area contributed by atoms with E-state index in [1.54, 1.807) is 4.98 Å². The number of carbonyl (C=O) groups excluding carboxylic acids is 1. The van der Waals surface area contributed by atoms with Gasteiger partial charge in [-0.05, 0) is 0 Å². The molecule has 0 spiro atoms. The summed E-state index contributed by atoms with van der Waals surface area (Å²) < 4.78 is 12.9. The zero-order valence-corrected chi connectivity index (χ0v) is 7.69. The molecule has 0 bridgehead atoms. The number of carboxylic acid groups (broad SMARTS) is 1. The van der Waals surface area contributed by atoms with E-state index in [9.17, 15) is 23.6 Å². The number of amides is 1. The third-order valence-corrected chi connectivity index (χ3v) is 1.51. The van der Waals surface area contributed by atoms with E-state index in [1.807, 2.05) is 5.32 Å². The van der Waals surface area contributed by atoms with Gasteiger partial charge in [0.15, 0.2) is 0 Å². The fourth-order valence-corrected chi connectivity index (χ4v) is 0.835. The summed E-state index contributed by atoms with van der Waals surface area (Å²) >= 11 is 0. The summed E-state index contributed by atoms with van der Waals surface area (Å²) in [4.78, 5) is 44.4. The number of aromatic amines is 1. The van der Waals surface area contributed by atoms with Crippen molar-refractivity contribution in [3.05, 3.63) is 32.9 Å². The van der Waals surface area contributed by atoms with Crippen molar-refractivity contribution in [3.8, 4) is 0 Å². The van der Waals surface area contributed by atoms with Gasteiger partial charge in [-0.3, -0.25) is 14.6 Å². The molecule has 0 saturated carbocycles. The molecule has 0 atom stereocenters. The van der Waals surface area contributed by atoms with Crippen LogP contribution in [-0.2, 0) is 4.79 Å². The zero-order chi connectivity index (χ0) is 12.3. The molecule has 0 fully saturated rings. The van der Waals surface area contributed by atoms with Crippen molar-refractivity contribution in [2.75, 3.05) is 6.54 Å². The third-order valence-electron chi connectivity index (χ3n) is 1.51. The maximum Gasteiger partial charge on any atom is 0.336 e. The van der Waals surface area contributed by atoms with Gasteiger partial charge in [0.2, 0.25) is 5.82 Å². The van der Waals surface area contributed by atoms with Crippen LogP contribution in [0.15, 0.2) is 15.8 Å². The molecule has 3 N–H and O–H groups in total. The minimum Gasteiger partial charge on any atom is -0.480 e. The van der Waals surface area contributed by atoms with E-state index in [0.717, 1.165) is 0 Å². The van der Waals surface area contributed by atoms with E-state index in [4.69, 9.17) is 5.11 Å². The molecule has 0 aliphatic rings. The van der Waals surface area contributed by atoms with Crippen molar-refractivity contribution in [3.63, 3.8) is 0 Å². The van der Waals surface area contributed by atoms with E-state index in [0.29, 0.717) is 6.20 Å². The highest BCUT2D eigenvalue weighted by Gasteiger charge is 2.11. The minimum atomic E-state index is -1.33. The van der Waals surface area contributed by atoms with Crippen LogP contribution >= 0.6 is 0 Å². The number of carboxylic acids is 1. The summed E-state index contributed by atoms with van der Waals surface area (Å²) in [5.41, 5.74) is -2.42. The summed E-state index contributed by atoms with van der Waals surface area (Å²) in [6, 6.07) is -1.15. The smallest absolute Gasteiger partial charge is 0.336 e. The Balaban J connectivity index is 3.01. The van der Waals surface area contributed by atoms with E-state index in [-0.39, 0.29) is 4.57 Å². The average molecular weight is 231 g/mol. The minimum absolute atomic E-state index is 0.222. The van der Waals surface area contributed by atoms with Gasteiger partial charge in [0.25, 0.3) is 5.56 Å². The van der Waals surface area contributed by atoms with Crippen molar-refractivity contribution < 1.29 is 19.1 Å². The largest absolute Gasteiger partial charge is 0.480 e. The van der Waals surface area contributed by atoms with Crippen LogP contribution in [0.1, 0.15) is 0 Å². The van der Waals surface area contributed by atoms with E-state index < -0.39 is 35.6 Å². The second-order valence-corrected chi connectivity index (χ2v) is 2.66. The molecular formula is C7H6FN3O5. The molecule has 1 heterocycles. The molecule has 1 aromatic rings. The van der Waals surface area contributed by atoms with E-state index >= 15 is 0 Å². The molecule has 8 nitrogen and oxygen atoms in total. The van der Waals surface area contributed by atoms with Gasteiger partial charge in [0.05, 0.1) is 6.20 Å². The van der Waals surface area contributed by atoms with Crippen LogP contribution in [0.25, 0.3) is 0 Å². The second-order valence-electron chi connectivity index (χ2n) is 2.66. The van der Waals surface area contributed by atoms with Gasteiger partial charge in [-0.1, -0.05) is 0 Å². The first-order valence-electron chi connectivity index (χ1n) is 3.93. The molecule has 0 unspecified atom stereocenters. The van der Waals surface area contributed by atoms with Gasteiger partial charge in [0, 0.05) is 0 Å². The molecular weight excluding hydrogens is 225 g/mol. The van der Waals surface area contributed by atoms with Crippen molar-refractivity contribution in [1.82, 2.24) is 14.9 Å². The van der Waals surface area contributed by atoms with Crippen molar-refractivity contribution in [2.45, 2.75) is 0 Å². The zero-order valence-electron chi connectivity index (χ0n) is 7.69. The summed E-state index contributed by atoms with van der Waals surface area (Å²) in [6.07, 6.45) is 0.373. The van der Waals surface area contributed by atoms with Gasteiger partial charge in [-0.25, -0.2) is 14.2 Å². The molecule has 1 amide bonds. The molecule has 0 aromatic carbocycles. The first kappa shape index (κ1) is 11.6. The van der Waals surface area contributed by atoms with Gasteiger partial charge in [0.1, 0.15) is 6.54 Å². The lowest BCUT2D eigenvalue weighted by Crippen LogP contribution is -2.42. The quantitative estimate of drug-likeness (QED) is 0.561. The van der Waals surface area contributed by atoms with Crippen molar-refractivity contribution in [1.29, 1.82) is 0 Å². The van der Waals surface area contributed by atoms with Gasteiger partial charge < -0.3 is 10.4 Å². The fraction of sp³-hybridized carbons (Fsp3) is 0.143. The van der Waals surface area contributed by atoms with Crippen LogP contribution in [0.2, 0.25) is 0 Å². The van der Waals surface area contributed by atoms with Crippen LogP contribution in [0, 0.1) is 5.82 Å². The fourth-order valence-electron chi connectivity index (χ4n) is 0.835. The van der Waals surface area contributed by atoms with Crippen LogP contribution in [0.4, 0.5) is 9.18 Å². The molecule has 86 valence electrons. The topological polar surface area (TPSA) is 121 Å². The molecule has 0 aliphatic heterocycles. The number of halogens is 1. The molecule has 1 aromatic heterocycles. The van der Waals surface area contributed by atoms with Crippen molar-refractivity contribution >= 4 is 12.0 Å².